The van der Waals surface area contributed by atoms with E-state index in [0.717, 1.165) is 21.3 Å². The van der Waals surface area contributed by atoms with Gasteiger partial charge in [-0.15, -0.1) is 0 Å². The van der Waals surface area contributed by atoms with E-state index in [9.17, 15) is 4.79 Å². The molecule has 0 bridgehead atoms. The van der Waals surface area contributed by atoms with Crippen LogP contribution in [0.3, 0.4) is 0 Å². The highest BCUT2D eigenvalue weighted by molar-refractivity contribution is 7.22. The van der Waals surface area contributed by atoms with Crippen molar-refractivity contribution in [3.63, 3.8) is 0 Å². The van der Waals surface area contributed by atoms with Gasteiger partial charge in [-0.1, -0.05) is 23.5 Å². The fraction of sp³-hybridized carbons (Fsp3) is 0.200. The van der Waals surface area contributed by atoms with Gasteiger partial charge in [0.05, 0.1) is 18.4 Å². The molecule has 4 aromatic rings. The monoisotopic (exact) mass is 393 g/mol. The summed E-state index contributed by atoms with van der Waals surface area (Å²) in [5.74, 6) is 0.481. The summed E-state index contributed by atoms with van der Waals surface area (Å²) in [5, 5.41) is 4.87. The predicted octanol–water partition coefficient (Wildman–Crippen LogP) is 3.59. The van der Waals surface area contributed by atoms with Crippen LogP contribution in [0.4, 0.5) is 5.13 Å². The molecule has 0 atom stereocenters. The molecule has 142 valence electrons. The van der Waals surface area contributed by atoms with Crippen molar-refractivity contribution >= 4 is 32.6 Å². The molecule has 8 heteroatoms. The van der Waals surface area contributed by atoms with Crippen LogP contribution in [0.5, 0.6) is 5.75 Å². The molecule has 0 unspecified atom stereocenters. The number of hydrogen-bond donors (Lipinski definition) is 0. The van der Waals surface area contributed by atoms with Crippen molar-refractivity contribution in [2.24, 2.45) is 7.05 Å². The first-order valence-corrected chi connectivity index (χ1v) is 9.53. The van der Waals surface area contributed by atoms with E-state index in [1.165, 1.54) is 11.3 Å². The fourth-order valence-electron chi connectivity index (χ4n) is 2.95. The highest BCUT2D eigenvalue weighted by atomic mass is 32.1. The van der Waals surface area contributed by atoms with Gasteiger partial charge in [-0.3, -0.25) is 19.4 Å². The summed E-state index contributed by atoms with van der Waals surface area (Å²) < 4.78 is 8.07. The quantitative estimate of drug-likeness (QED) is 0.518. The Labute approximate surface area is 166 Å². The van der Waals surface area contributed by atoms with Crippen molar-refractivity contribution in [3.05, 3.63) is 65.7 Å². The van der Waals surface area contributed by atoms with E-state index in [-0.39, 0.29) is 5.91 Å². The second kappa shape index (κ2) is 7.40. The second-order valence-electron chi connectivity index (χ2n) is 6.39. The Hall–Kier alpha value is -3.26. The number of rotatable bonds is 5. The van der Waals surface area contributed by atoms with Crippen LogP contribution >= 0.6 is 11.3 Å². The summed E-state index contributed by atoms with van der Waals surface area (Å²) >= 11 is 1.47. The summed E-state index contributed by atoms with van der Waals surface area (Å²) in [6.07, 6.45) is 5.21. The van der Waals surface area contributed by atoms with Crippen molar-refractivity contribution in [2.75, 3.05) is 12.0 Å². The van der Waals surface area contributed by atoms with Crippen molar-refractivity contribution in [1.29, 1.82) is 0 Å². The Bertz CT molecular complexity index is 1140. The molecule has 28 heavy (non-hydrogen) atoms. The summed E-state index contributed by atoms with van der Waals surface area (Å²) in [4.78, 5) is 23.8. The number of anilines is 1. The number of pyridine rings is 1. The van der Waals surface area contributed by atoms with E-state index >= 15 is 0 Å². The van der Waals surface area contributed by atoms with Gasteiger partial charge in [-0.2, -0.15) is 5.10 Å². The topological polar surface area (TPSA) is 73.1 Å². The third kappa shape index (κ3) is 3.34. The van der Waals surface area contributed by atoms with E-state index in [4.69, 9.17) is 9.72 Å². The number of nitrogens with zero attached hydrogens (tertiary/aromatic N) is 5. The minimum absolute atomic E-state index is 0.208. The Morgan fingerprint density at radius 2 is 2.14 bits per heavy atom. The highest BCUT2D eigenvalue weighted by Crippen LogP contribution is 2.37. The molecule has 0 spiro atoms. The number of aromatic nitrogens is 4. The zero-order valence-electron chi connectivity index (χ0n) is 15.8. The first-order chi connectivity index (χ1) is 13.6. The van der Waals surface area contributed by atoms with Gasteiger partial charge in [-0.25, -0.2) is 4.98 Å². The Kier molecular flexibility index (Phi) is 4.79. The standard InChI is InChI=1S/C20H19N5O2S/c1-13-6-7-16(27-3)17-18(13)28-20(22-17)25(12-14-5-4-9-21-11-14)19(26)15-8-10-24(2)23-15/h4-11H,12H2,1-3H3. The number of methoxy groups -OCH3 is 1. The molecular weight excluding hydrogens is 374 g/mol. The molecule has 3 heterocycles. The number of carbonyl (C=O) groups excluding carboxylic acids is 1. The average molecular weight is 393 g/mol. The van der Waals surface area contributed by atoms with E-state index in [1.54, 1.807) is 48.4 Å². The van der Waals surface area contributed by atoms with Crippen LogP contribution < -0.4 is 9.64 Å². The Morgan fingerprint density at radius 3 is 2.82 bits per heavy atom. The Morgan fingerprint density at radius 1 is 1.29 bits per heavy atom. The fourth-order valence-corrected chi connectivity index (χ4v) is 4.00. The molecule has 1 aromatic carbocycles. The number of ether oxygens (including phenoxy) is 1. The zero-order chi connectivity index (χ0) is 19.7. The molecule has 3 aromatic heterocycles. The Balaban J connectivity index is 1.82. The summed E-state index contributed by atoms with van der Waals surface area (Å²) in [6.45, 7) is 2.38. The molecule has 0 aliphatic heterocycles. The SMILES string of the molecule is COc1ccc(C)c2sc(N(Cc3cccnc3)C(=O)c3ccn(C)n3)nc12. The van der Waals surface area contributed by atoms with Gasteiger partial charge < -0.3 is 4.74 Å². The van der Waals surface area contributed by atoms with Crippen LogP contribution in [0.2, 0.25) is 0 Å². The highest BCUT2D eigenvalue weighted by Gasteiger charge is 2.24. The maximum atomic E-state index is 13.2. The molecule has 1 amide bonds. The van der Waals surface area contributed by atoms with Crippen molar-refractivity contribution in [3.8, 4) is 5.75 Å². The van der Waals surface area contributed by atoms with Gasteiger partial charge in [0, 0.05) is 25.6 Å². The second-order valence-corrected chi connectivity index (χ2v) is 7.36. The van der Waals surface area contributed by atoms with E-state index in [2.05, 4.69) is 10.1 Å². The van der Waals surface area contributed by atoms with Crippen LogP contribution in [0.25, 0.3) is 10.2 Å². The molecule has 0 fully saturated rings. The normalized spacial score (nSPS) is 11.0. The third-order valence-corrected chi connectivity index (χ3v) is 5.60. The minimum atomic E-state index is -0.208. The minimum Gasteiger partial charge on any atom is -0.494 e. The lowest BCUT2D eigenvalue weighted by molar-refractivity contribution is 0.0979. The third-order valence-electron chi connectivity index (χ3n) is 4.38. The number of carbonyl (C=O) groups is 1. The molecule has 0 saturated carbocycles. The lowest BCUT2D eigenvalue weighted by atomic mass is 10.2. The number of amides is 1. The lowest BCUT2D eigenvalue weighted by Gasteiger charge is -2.18. The average Bonchev–Trinajstić information content (AvgIpc) is 3.34. The molecule has 0 aliphatic carbocycles. The maximum Gasteiger partial charge on any atom is 0.280 e. The smallest absolute Gasteiger partial charge is 0.280 e. The van der Waals surface area contributed by atoms with E-state index in [0.29, 0.717) is 23.1 Å². The number of thiazole rings is 1. The maximum absolute atomic E-state index is 13.2. The van der Waals surface area contributed by atoms with Crippen molar-refractivity contribution in [1.82, 2.24) is 19.7 Å². The predicted molar refractivity (Wildman–Crippen MR) is 109 cm³/mol. The van der Waals surface area contributed by atoms with Gasteiger partial charge in [0.2, 0.25) is 0 Å². The van der Waals surface area contributed by atoms with Gasteiger partial charge in [0.15, 0.2) is 10.8 Å². The number of benzene rings is 1. The van der Waals surface area contributed by atoms with Gasteiger partial charge in [0.25, 0.3) is 5.91 Å². The molecule has 0 N–H and O–H groups in total. The first-order valence-electron chi connectivity index (χ1n) is 8.71. The van der Waals surface area contributed by atoms with Gasteiger partial charge in [-0.05, 0) is 36.2 Å². The summed E-state index contributed by atoms with van der Waals surface area (Å²) in [5.41, 5.74) is 3.13. The molecular formula is C20H19N5O2S. The van der Waals surface area contributed by atoms with Crippen LogP contribution in [-0.2, 0) is 13.6 Å². The van der Waals surface area contributed by atoms with Gasteiger partial charge in [0.1, 0.15) is 11.3 Å². The molecule has 4 rings (SSSR count). The summed E-state index contributed by atoms with van der Waals surface area (Å²) in [6, 6.07) is 9.38. The van der Waals surface area contributed by atoms with Crippen LogP contribution in [0.15, 0.2) is 48.9 Å². The van der Waals surface area contributed by atoms with E-state index < -0.39 is 0 Å². The molecule has 0 aliphatic rings. The van der Waals surface area contributed by atoms with Crippen LogP contribution in [0.1, 0.15) is 21.6 Å². The zero-order valence-corrected chi connectivity index (χ0v) is 16.6. The molecule has 0 radical (unpaired) electrons. The summed E-state index contributed by atoms with van der Waals surface area (Å²) in [7, 11) is 3.41. The van der Waals surface area contributed by atoms with Crippen molar-refractivity contribution in [2.45, 2.75) is 13.5 Å². The molecule has 7 nitrogen and oxygen atoms in total. The first kappa shape index (κ1) is 18.1. The van der Waals surface area contributed by atoms with Crippen molar-refractivity contribution < 1.29 is 9.53 Å². The number of hydrogen-bond acceptors (Lipinski definition) is 6. The van der Waals surface area contributed by atoms with Crippen LogP contribution in [0, 0.1) is 6.92 Å². The number of aryl methyl sites for hydroxylation is 2. The van der Waals surface area contributed by atoms with Gasteiger partial charge >= 0.3 is 0 Å². The lowest BCUT2D eigenvalue weighted by Crippen LogP contribution is -2.30. The molecule has 0 saturated heterocycles. The van der Waals surface area contributed by atoms with E-state index in [1.807, 2.05) is 31.2 Å². The van der Waals surface area contributed by atoms with Crippen LogP contribution in [-0.4, -0.2) is 32.8 Å². The number of fused-ring (bicyclic) bond motifs is 1. The largest absolute Gasteiger partial charge is 0.494 e.